The zero-order valence-corrected chi connectivity index (χ0v) is 18.3. The lowest BCUT2D eigenvalue weighted by Crippen LogP contribution is -2.43. The SMILES string of the molecule is O=C(NCc1ccc2c(c1)OCO2)C(=O)NCC1CCN(c2nc3ccccc3s2)CC1. The van der Waals surface area contributed by atoms with Gasteiger partial charge in [-0.2, -0.15) is 0 Å². The number of ether oxygens (including phenoxy) is 2. The molecule has 3 heterocycles. The van der Waals surface area contributed by atoms with Gasteiger partial charge < -0.3 is 25.0 Å². The molecule has 0 unspecified atom stereocenters. The zero-order valence-electron chi connectivity index (χ0n) is 17.5. The molecule has 166 valence electrons. The lowest BCUT2D eigenvalue weighted by atomic mass is 9.97. The molecule has 1 saturated heterocycles. The number of benzene rings is 2. The number of thiazole rings is 1. The van der Waals surface area contributed by atoms with Crippen molar-refractivity contribution in [3.8, 4) is 11.5 Å². The molecule has 32 heavy (non-hydrogen) atoms. The molecule has 5 rings (SSSR count). The van der Waals surface area contributed by atoms with Crippen LogP contribution in [-0.4, -0.2) is 43.2 Å². The lowest BCUT2D eigenvalue weighted by molar-refractivity contribution is -0.139. The van der Waals surface area contributed by atoms with Crippen LogP contribution in [0.4, 0.5) is 5.13 Å². The highest BCUT2D eigenvalue weighted by Crippen LogP contribution is 2.33. The third-order valence-corrected chi connectivity index (χ3v) is 6.91. The van der Waals surface area contributed by atoms with Gasteiger partial charge in [0.1, 0.15) is 0 Å². The number of nitrogens with zero attached hydrogens (tertiary/aromatic N) is 2. The van der Waals surface area contributed by atoms with Crippen LogP contribution in [0.25, 0.3) is 10.2 Å². The smallest absolute Gasteiger partial charge is 0.309 e. The summed E-state index contributed by atoms with van der Waals surface area (Å²) >= 11 is 1.71. The second-order valence-electron chi connectivity index (χ2n) is 7.97. The monoisotopic (exact) mass is 452 g/mol. The topological polar surface area (TPSA) is 92.8 Å². The summed E-state index contributed by atoms with van der Waals surface area (Å²) in [7, 11) is 0. The minimum absolute atomic E-state index is 0.201. The van der Waals surface area contributed by atoms with Crippen LogP contribution >= 0.6 is 11.3 Å². The molecule has 8 nitrogen and oxygen atoms in total. The highest BCUT2D eigenvalue weighted by molar-refractivity contribution is 7.22. The Morgan fingerprint density at radius 2 is 1.81 bits per heavy atom. The minimum Gasteiger partial charge on any atom is -0.454 e. The van der Waals surface area contributed by atoms with Gasteiger partial charge in [-0.25, -0.2) is 4.98 Å². The zero-order chi connectivity index (χ0) is 21.9. The molecule has 2 aromatic carbocycles. The highest BCUT2D eigenvalue weighted by Gasteiger charge is 2.23. The predicted octanol–water partition coefficient (Wildman–Crippen LogP) is 2.67. The van der Waals surface area contributed by atoms with Gasteiger partial charge in [0.15, 0.2) is 16.6 Å². The maximum Gasteiger partial charge on any atom is 0.309 e. The quantitative estimate of drug-likeness (QED) is 0.579. The van der Waals surface area contributed by atoms with Crippen LogP contribution < -0.4 is 25.0 Å². The van der Waals surface area contributed by atoms with Crippen LogP contribution in [0.2, 0.25) is 0 Å². The Kier molecular flexibility index (Phi) is 5.81. The number of hydrogen-bond acceptors (Lipinski definition) is 7. The van der Waals surface area contributed by atoms with Gasteiger partial charge in [0.25, 0.3) is 0 Å². The molecule has 0 aliphatic carbocycles. The Hall–Kier alpha value is -3.33. The Labute approximate surface area is 189 Å². The van der Waals surface area contributed by atoms with Crippen molar-refractivity contribution in [1.29, 1.82) is 0 Å². The number of nitrogens with one attached hydrogen (secondary N) is 2. The Bertz CT molecular complexity index is 1110. The maximum absolute atomic E-state index is 12.2. The molecule has 2 aliphatic rings. The number of para-hydroxylation sites is 1. The summed E-state index contributed by atoms with van der Waals surface area (Å²) in [6.07, 6.45) is 1.91. The molecule has 2 N–H and O–H groups in total. The number of carbonyl (C=O) groups excluding carboxylic acids is 2. The molecule has 3 aromatic rings. The van der Waals surface area contributed by atoms with E-state index in [4.69, 9.17) is 14.5 Å². The van der Waals surface area contributed by atoms with Crippen LogP contribution in [0, 0.1) is 5.92 Å². The van der Waals surface area contributed by atoms with E-state index in [1.807, 2.05) is 24.3 Å². The van der Waals surface area contributed by atoms with Crippen molar-refractivity contribution in [3.05, 3.63) is 48.0 Å². The average Bonchev–Trinajstić information content (AvgIpc) is 3.47. The van der Waals surface area contributed by atoms with E-state index in [9.17, 15) is 9.59 Å². The van der Waals surface area contributed by atoms with Crippen molar-refractivity contribution in [2.75, 3.05) is 31.3 Å². The summed E-state index contributed by atoms with van der Waals surface area (Å²) in [4.78, 5) is 31.4. The summed E-state index contributed by atoms with van der Waals surface area (Å²) in [6.45, 7) is 2.76. The fraction of sp³-hybridized carbons (Fsp3) is 0.348. The normalized spacial score (nSPS) is 15.7. The molecule has 1 aromatic heterocycles. The van der Waals surface area contributed by atoms with Gasteiger partial charge in [-0.3, -0.25) is 9.59 Å². The van der Waals surface area contributed by atoms with Crippen molar-refractivity contribution < 1.29 is 19.1 Å². The van der Waals surface area contributed by atoms with E-state index in [1.165, 1.54) is 4.70 Å². The van der Waals surface area contributed by atoms with Crippen molar-refractivity contribution in [1.82, 2.24) is 15.6 Å². The van der Waals surface area contributed by atoms with Crippen molar-refractivity contribution in [2.24, 2.45) is 5.92 Å². The van der Waals surface area contributed by atoms with Crippen LogP contribution in [0.5, 0.6) is 11.5 Å². The number of fused-ring (bicyclic) bond motifs is 2. The second kappa shape index (κ2) is 9.04. The number of piperidine rings is 1. The molecule has 1 fully saturated rings. The fourth-order valence-electron chi connectivity index (χ4n) is 3.95. The summed E-state index contributed by atoms with van der Waals surface area (Å²) < 4.78 is 11.8. The minimum atomic E-state index is -0.630. The van der Waals surface area contributed by atoms with E-state index < -0.39 is 11.8 Å². The lowest BCUT2D eigenvalue weighted by Gasteiger charge is -2.31. The first-order chi connectivity index (χ1) is 15.7. The molecule has 0 spiro atoms. The highest BCUT2D eigenvalue weighted by atomic mass is 32.1. The van der Waals surface area contributed by atoms with E-state index in [-0.39, 0.29) is 13.3 Å². The first-order valence-electron chi connectivity index (χ1n) is 10.7. The summed E-state index contributed by atoms with van der Waals surface area (Å²) in [5.74, 6) is 0.463. The third-order valence-electron chi connectivity index (χ3n) is 5.82. The van der Waals surface area contributed by atoms with Crippen LogP contribution in [0.1, 0.15) is 18.4 Å². The first-order valence-corrected chi connectivity index (χ1v) is 11.5. The number of amides is 2. The first kappa shape index (κ1) is 20.6. The third kappa shape index (κ3) is 4.47. The molecule has 0 radical (unpaired) electrons. The van der Waals surface area contributed by atoms with Crippen molar-refractivity contribution in [2.45, 2.75) is 19.4 Å². The molecule has 0 saturated carbocycles. The Morgan fingerprint density at radius 1 is 1.03 bits per heavy atom. The molecule has 9 heteroatoms. The van der Waals surface area contributed by atoms with Gasteiger partial charge in [-0.15, -0.1) is 0 Å². The van der Waals surface area contributed by atoms with Gasteiger partial charge in [0, 0.05) is 26.2 Å². The number of rotatable bonds is 5. The molecule has 0 bridgehead atoms. The Morgan fingerprint density at radius 3 is 2.66 bits per heavy atom. The van der Waals surface area contributed by atoms with E-state index in [0.29, 0.717) is 24.0 Å². The van der Waals surface area contributed by atoms with Crippen LogP contribution in [-0.2, 0) is 16.1 Å². The molecule has 2 aliphatic heterocycles. The van der Waals surface area contributed by atoms with E-state index in [0.717, 1.165) is 42.1 Å². The van der Waals surface area contributed by atoms with E-state index >= 15 is 0 Å². The van der Waals surface area contributed by atoms with Gasteiger partial charge in [-0.1, -0.05) is 29.5 Å². The van der Waals surface area contributed by atoms with Crippen LogP contribution in [0.3, 0.4) is 0 Å². The van der Waals surface area contributed by atoms with Crippen molar-refractivity contribution >= 4 is 38.5 Å². The van der Waals surface area contributed by atoms with Gasteiger partial charge >= 0.3 is 11.8 Å². The van der Waals surface area contributed by atoms with Gasteiger partial charge in [0.2, 0.25) is 6.79 Å². The number of aromatic nitrogens is 1. The van der Waals surface area contributed by atoms with Gasteiger partial charge in [-0.05, 0) is 48.6 Å². The maximum atomic E-state index is 12.2. The number of carbonyl (C=O) groups is 2. The summed E-state index contributed by atoms with van der Waals surface area (Å²) in [6, 6.07) is 13.6. The fourth-order valence-corrected chi connectivity index (χ4v) is 4.97. The molecular weight excluding hydrogens is 428 g/mol. The number of hydrogen-bond donors (Lipinski definition) is 2. The molecule has 2 amide bonds. The van der Waals surface area contributed by atoms with E-state index in [2.05, 4.69) is 21.6 Å². The van der Waals surface area contributed by atoms with Crippen molar-refractivity contribution in [3.63, 3.8) is 0 Å². The van der Waals surface area contributed by atoms with Crippen LogP contribution in [0.15, 0.2) is 42.5 Å². The standard InChI is InChI=1S/C23H24N4O4S/c28-21(22(29)25-13-16-5-6-18-19(11-16)31-14-30-18)24-12-15-7-9-27(10-8-15)23-26-17-3-1-2-4-20(17)32-23/h1-6,11,15H,7-10,12-14H2,(H,24,28)(H,25,29). The average molecular weight is 453 g/mol. The Balaban J connectivity index is 1.05. The predicted molar refractivity (Wildman–Crippen MR) is 122 cm³/mol. The number of anilines is 1. The molecular formula is C23H24N4O4S. The summed E-state index contributed by atoms with van der Waals surface area (Å²) in [5.41, 5.74) is 1.88. The molecule has 0 atom stereocenters. The second-order valence-corrected chi connectivity index (χ2v) is 8.98. The van der Waals surface area contributed by atoms with Gasteiger partial charge in [0.05, 0.1) is 10.2 Å². The summed E-state index contributed by atoms with van der Waals surface area (Å²) in [5, 5.41) is 6.49. The largest absolute Gasteiger partial charge is 0.454 e. The van der Waals surface area contributed by atoms with E-state index in [1.54, 1.807) is 23.5 Å².